The summed E-state index contributed by atoms with van der Waals surface area (Å²) in [6.07, 6.45) is -1.82. The summed E-state index contributed by atoms with van der Waals surface area (Å²) in [5.41, 5.74) is -0.972. The van der Waals surface area contributed by atoms with E-state index >= 15 is 0 Å². The summed E-state index contributed by atoms with van der Waals surface area (Å²) in [7, 11) is 2.80. The zero-order valence-corrected chi connectivity index (χ0v) is 22.3. The number of Topliss-reactive ketones (excluding diaryl/α,β-unsaturated/α-hetero) is 2. The number of hydrogen-bond donors (Lipinski definition) is 7. The van der Waals surface area contributed by atoms with E-state index in [1.165, 1.54) is 32.0 Å². The topological polar surface area (TPSA) is 228 Å². The highest BCUT2D eigenvalue weighted by Crippen LogP contribution is 2.58. The number of hydrogen-bond acceptors (Lipinski definition) is 12. The number of aliphatic hydroxyl groups excluding tert-OH is 3. The van der Waals surface area contributed by atoms with E-state index in [1.807, 2.05) is 0 Å². The third kappa shape index (κ3) is 3.61. The van der Waals surface area contributed by atoms with Crippen LogP contribution >= 0.6 is 0 Å². The molecule has 1 aromatic rings. The summed E-state index contributed by atoms with van der Waals surface area (Å²) in [6.45, 7) is 6.50. The minimum absolute atomic E-state index is 0.0669. The van der Waals surface area contributed by atoms with Gasteiger partial charge in [0.05, 0.1) is 23.8 Å². The fourth-order valence-corrected chi connectivity index (χ4v) is 6.45. The summed E-state index contributed by atoms with van der Waals surface area (Å²) in [5, 5.41) is 79.2. The molecule has 1 fully saturated rings. The number of amides is 1. The molecule has 1 aromatic carbocycles. The van der Waals surface area contributed by atoms with E-state index in [-0.39, 0.29) is 22.0 Å². The molecular weight excluding hydrogens is 514 g/mol. The molecular formula is C26H32N3O10-. The largest absolute Gasteiger partial charge is 0.872 e. The second kappa shape index (κ2) is 8.76. The smallest absolute Gasteiger partial charge is 0.255 e. The molecule has 0 spiro atoms. The van der Waals surface area contributed by atoms with Gasteiger partial charge in [-0.2, -0.15) is 0 Å². The maximum atomic E-state index is 14.0. The van der Waals surface area contributed by atoms with E-state index in [0.29, 0.717) is 0 Å². The molecule has 6 atom stereocenters. The number of ketones is 2. The van der Waals surface area contributed by atoms with Crippen molar-refractivity contribution in [3.05, 3.63) is 39.7 Å². The van der Waals surface area contributed by atoms with Gasteiger partial charge < -0.3 is 31.3 Å². The molecule has 212 valence electrons. The molecule has 0 aromatic heterocycles. The Balaban J connectivity index is 2.13. The van der Waals surface area contributed by atoms with Crippen molar-refractivity contribution in [3.8, 4) is 5.75 Å². The summed E-state index contributed by atoms with van der Waals surface area (Å²) in [5.74, 6) is -10.9. The predicted octanol–water partition coefficient (Wildman–Crippen LogP) is -0.254. The Morgan fingerprint density at radius 1 is 1.15 bits per heavy atom. The minimum Gasteiger partial charge on any atom is -0.872 e. The highest BCUT2D eigenvalue weighted by atomic mass is 16.8. The molecule has 39 heavy (non-hydrogen) atoms. The molecule has 0 unspecified atom stereocenters. The molecule has 0 aliphatic heterocycles. The lowest BCUT2D eigenvalue weighted by atomic mass is 9.54. The lowest BCUT2D eigenvalue weighted by molar-refractivity contribution is -0.270. The molecule has 0 bridgehead atoms. The number of carbonyl (C=O) groups is 3. The molecule has 0 saturated heterocycles. The fraction of sp³-hybridized carbons (Fsp3) is 0.500. The van der Waals surface area contributed by atoms with Gasteiger partial charge in [0, 0.05) is 17.1 Å². The maximum absolute atomic E-state index is 14.0. The molecule has 13 heteroatoms. The Kier molecular flexibility index (Phi) is 6.41. The van der Waals surface area contributed by atoms with Crippen molar-refractivity contribution in [1.29, 1.82) is 0 Å². The number of primary amides is 1. The number of aliphatic hydroxyl groups is 4. The van der Waals surface area contributed by atoms with Gasteiger partial charge in [-0.3, -0.25) is 29.7 Å². The van der Waals surface area contributed by atoms with Crippen molar-refractivity contribution >= 4 is 28.9 Å². The van der Waals surface area contributed by atoms with Crippen LogP contribution in [0.2, 0.25) is 0 Å². The molecule has 0 radical (unpaired) electrons. The molecule has 4 rings (SSSR count). The highest BCUT2D eigenvalue weighted by molar-refractivity contribution is 6.24. The van der Waals surface area contributed by atoms with Gasteiger partial charge in [-0.15, -0.1) is 5.23 Å². The van der Waals surface area contributed by atoms with E-state index in [0.717, 1.165) is 0 Å². The fourth-order valence-electron chi connectivity index (χ4n) is 6.45. The first-order valence-electron chi connectivity index (χ1n) is 12.2. The van der Waals surface area contributed by atoms with Crippen molar-refractivity contribution < 1.29 is 50.3 Å². The maximum Gasteiger partial charge on any atom is 0.255 e. The van der Waals surface area contributed by atoms with Crippen molar-refractivity contribution in [2.24, 2.45) is 17.6 Å². The van der Waals surface area contributed by atoms with Gasteiger partial charge in [0.15, 0.2) is 11.4 Å². The zero-order chi connectivity index (χ0) is 29.7. The third-order valence-electron chi connectivity index (χ3n) is 8.21. The second-order valence-electron chi connectivity index (χ2n) is 11.6. The van der Waals surface area contributed by atoms with Crippen LogP contribution in [0.15, 0.2) is 23.0 Å². The number of benzene rings is 1. The first-order chi connectivity index (χ1) is 17.8. The Hall–Kier alpha value is -3.49. The monoisotopic (exact) mass is 546 g/mol. The van der Waals surface area contributed by atoms with E-state index in [4.69, 9.17) is 5.73 Å². The van der Waals surface area contributed by atoms with Gasteiger partial charge >= 0.3 is 0 Å². The van der Waals surface area contributed by atoms with Gasteiger partial charge in [-0.25, -0.2) is 0 Å². The number of likely N-dealkylation sites (N-methyl/N-ethyl adjacent to an activating group) is 1. The second-order valence-corrected chi connectivity index (χ2v) is 11.6. The van der Waals surface area contributed by atoms with Gasteiger partial charge in [0.1, 0.15) is 17.1 Å². The van der Waals surface area contributed by atoms with Crippen LogP contribution in [-0.4, -0.2) is 85.1 Å². The molecule has 1 amide bonds. The van der Waals surface area contributed by atoms with Crippen LogP contribution in [0.25, 0.3) is 5.76 Å². The first kappa shape index (κ1) is 28.5. The van der Waals surface area contributed by atoms with Crippen LogP contribution in [0.3, 0.4) is 0 Å². The number of rotatable bonds is 3. The summed E-state index contributed by atoms with van der Waals surface area (Å²) < 4.78 is 0. The predicted molar refractivity (Wildman–Crippen MR) is 133 cm³/mol. The number of nitrogens with zero attached hydrogens (tertiary/aromatic N) is 2. The lowest BCUT2D eigenvalue weighted by Gasteiger charge is -2.54. The highest BCUT2D eigenvalue weighted by Gasteiger charge is 2.68. The van der Waals surface area contributed by atoms with Crippen molar-refractivity contribution in [1.82, 2.24) is 4.90 Å². The summed E-state index contributed by atoms with van der Waals surface area (Å²) in [4.78, 5) is 40.6. The Morgan fingerprint density at radius 2 is 1.72 bits per heavy atom. The van der Waals surface area contributed by atoms with E-state index in [2.05, 4.69) is 0 Å². The lowest BCUT2D eigenvalue weighted by Crippen LogP contribution is -2.70. The normalized spacial score (nSPS) is 30.8. The van der Waals surface area contributed by atoms with Crippen LogP contribution < -0.4 is 16.1 Å². The van der Waals surface area contributed by atoms with E-state index in [1.54, 1.807) is 20.8 Å². The third-order valence-corrected chi connectivity index (χ3v) is 8.21. The van der Waals surface area contributed by atoms with Crippen LogP contribution in [0.5, 0.6) is 5.75 Å². The first-order valence-corrected chi connectivity index (χ1v) is 12.2. The molecule has 3 aliphatic rings. The molecule has 13 nitrogen and oxygen atoms in total. The van der Waals surface area contributed by atoms with E-state index in [9.17, 15) is 50.3 Å². The number of carbonyl (C=O) groups excluding carboxylic acids is 3. The molecule has 8 N–H and O–H groups in total. The van der Waals surface area contributed by atoms with Gasteiger partial charge in [0.2, 0.25) is 5.78 Å². The zero-order valence-electron chi connectivity index (χ0n) is 22.3. The van der Waals surface area contributed by atoms with E-state index < -0.39 is 92.4 Å². The summed E-state index contributed by atoms with van der Waals surface area (Å²) >= 11 is 0. The number of anilines is 1. The van der Waals surface area contributed by atoms with Crippen molar-refractivity contribution in [2.75, 3.05) is 19.3 Å². The quantitative estimate of drug-likeness (QED) is 0.192. The molecule has 3 aliphatic carbocycles. The Labute approximate surface area is 223 Å². The SMILES string of the molecule is C[C@@H]1c2c(N(O)O)cc(C(C)(C)C)c([O-])c2C(O)=C2C(=O)[C@@]3(O)C(O)=C(C(N)=O)C(=O)[C@H](N(C)C)[C@H]3[C@H](O)[C@H]21. The van der Waals surface area contributed by atoms with Gasteiger partial charge in [0.25, 0.3) is 5.91 Å². The minimum atomic E-state index is -3.06. The standard InChI is InChI=1S/C26H33N3O10/c1-8-11-10(29(38)39)7-9(25(2,3)4)18(30)13(11)19(31)14-12(8)20(32)16-17(28(5)6)21(33)15(24(27)36)23(35)26(16,37)22(14)34/h7-8,12,16-17,20,30-32,35,37-39H,1-6H3,(H2,27,36)/p-1/t8-,12+,16+,17-,20-,26-/m1/s1. The van der Waals surface area contributed by atoms with Crippen molar-refractivity contribution in [3.63, 3.8) is 0 Å². The average molecular weight is 547 g/mol. The number of fused-ring (bicyclic) bond motifs is 3. The van der Waals surface area contributed by atoms with Gasteiger partial charge in [-0.05, 0) is 42.6 Å². The van der Waals surface area contributed by atoms with Crippen LogP contribution in [0.4, 0.5) is 5.69 Å². The van der Waals surface area contributed by atoms with Gasteiger partial charge in [-0.1, -0.05) is 33.4 Å². The number of nitrogens with two attached hydrogens (primary N) is 1. The van der Waals surface area contributed by atoms with Crippen molar-refractivity contribution in [2.45, 2.75) is 56.8 Å². The molecule has 0 heterocycles. The molecule has 1 saturated carbocycles. The Morgan fingerprint density at radius 3 is 2.18 bits per heavy atom. The van der Waals surface area contributed by atoms with Crippen LogP contribution in [0.1, 0.15) is 50.3 Å². The average Bonchev–Trinajstić information content (AvgIpc) is 2.79. The van der Waals surface area contributed by atoms with Crippen LogP contribution in [-0.2, 0) is 19.8 Å². The van der Waals surface area contributed by atoms with Crippen LogP contribution in [0, 0.1) is 11.8 Å². The summed E-state index contributed by atoms with van der Waals surface area (Å²) in [6, 6.07) is -0.265. The Bertz CT molecular complexity index is 1370.